The SMILES string of the molecule is CCN(C(=O)[CH]c1ccccc1)C(C)C(N)=O. The second-order valence-corrected chi connectivity index (χ2v) is 3.76. The van der Waals surface area contributed by atoms with Crippen LogP contribution in [0.2, 0.25) is 0 Å². The van der Waals surface area contributed by atoms with Crippen molar-refractivity contribution in [3.05, 3.63) is 42.3 Å². The maximum absolute atomic E-state index is 12.0. The van der Waals surface area contributed by atoms with Crippen molar-refractivity contribution < 1.29 is 9.59 Å². The highest BCUT2D eigenvalue weighted by atomic mass is 16.2. The minimum Gasteiger partial charge on any atom is -0.368 e. The van der Waals surface area contributed by atoms with Gasteiger partial charge in [-0.2, -0.15) is 0 Å². The summed E-state index contributed by atoms with van der Waals surface area (Å²) in [5, 5.41) is 0. The van der Waals surface area contributed by atoms with Crippen LogP contribution in [0.5, 0.6) is 0 Å². The number of nitrogens with two attached hydrogens (primary N) is 1. The molecule has 0 saturated heterocycles. The van der Waals surface area contributed by atoms with E-state index in [1.54, 1.807) is 6.92 Å². The number of rotatable bonds is 5. The van der Waals surface area contributed by atoms with Gasteiger partial charge in [0.05, 0.1) is 6.42 Å². The van der Waals surface area contributed by atoms with Crippen LogP contribution in [-0.2, 0) is 9.59 Å². The predicted octanol–water partition coefficient (Wildman–Crippen LogP) is 0.961. The Balaban J connectivity index is 2.71. The van der Waals surface area contributed by atoms with Crippen LogP contribution in [0.4, 0.5) is 0 Å². The zero-order chi connectivity index (χ0) is 12.8. The van der Waals surface area contributed by atoms with E-state index in [1.807, 2.05) is 37.3 Å². The van der Waals surface area contributed by atoms with Gasteiger partial charge < -0.3 is 10.6 Å². The summed E-state index contributed by atoms with van der Waals surface area (Å²) in [5.74, 6) is -0.702. The maximum atomic E-state index is 12.0. The number of amides is 2. The minimum atomic E-state index is -0.590. The second-order valence-electron chi connectivity index (χ2n) is 3.76. The smallest absolute Gasteiger partial charge is 0.239 e. The van der Waals surface area contributed by atoms with Gasteiger partial charge in [-0.1, -0.05) is 30.3 Å². The number of carbonyl (C=O) groups excluding carboxylic acids is 2. The van der Waals surface area contributed by atoms with E-state index in [0.29, 0.717) is 6.54 Å². The summed E-state index contributed by atoms with van der Waals surface area (Å²) >= 11 is 0. The fourth-order valence-corrected chi connectivity index (χ4v) is 1.55. The van der Waals surface area contributed by atoms with E-state index in [-0.39, 0.29) is 5.91 Å². The van der Waals surface area contributed by atoms with E-state index < -0.39 is 11.9 Å². The van der Waals surface area contributed by atoms with Crippen LogP contribution in [0.3, 0.4) is 0 Å². The van der Waals surface area contributed by atoms with Crippen molar-refractivity contribution in [1.29, 1.82) is 0 Å². The molecular weight excluding hydrogens is 216 g/mol. The monoisotopic (exact) mass is 233 g/mol. The normalized spacial score (nSPS) is 11.9. The molecular formula is C13H17N2O2. The lowest BCUT2D eigenvalue weighted by Gasteiger charge is -2.25. The van der Waals surface area contributed by atoms with Gasteiger partial charge in [0.15, 0.2) is 0 Å². The lowest BCUT2D eigenvalue weighted by molar-refractivity contribution is -0.135. The Morgan fingerprint density at radius 2 is 1.94 bits per heavy atom. The highest BCUT2D eigenvalue weighted by Crippen LogP contribution is 2.07. The average Bonchev–Trinajstić information content (AvgIpc) is 2.30. The summed E-state index contributed by atoms with van der Waals surface area (Å²) < 4.78 is 0. The van der Waals surface area contributed by atoms with Gasteiger partial charge in [0.25, 0.3) is 0 Å². The zero-order valence-corrected chi connectivity index (χ0v) is 10.1. The first-order valence-corrected chi connectivity index (χ1v) is 5.56. The molecule has 0 spiro atoms. The Hall–Kier alpha value is -1.84. The molecule has 1 radical (unpaired) electrons. The molecule has 1 aromatic carbocycles. The molecule has 91 valence electrons. The van der Waals surface area contributed by atoms with Gasteiger partial charge in [0.2, 0.25) is 11.8 Å². The standard InChI is InChI=1S/C13H17N2O2/c1-3-15(10(2)13(14)17)12(16)9-11-7-5-4-6-8-11/h4-10H,3H2,1-2H3,(H2,14,17). The molecule has 0 aliphatic carbocycles. The number of carbonyl (C=O) groups is 2. The summed E-state index contributed by atoms with van der Waals surface area (Å²) in [7, 11) is 0. The summed E-state index contributed by atoms with van der Waals surface area (Å²) in [4.78, 5) is 24.5. The van der Waals surface area contributed by atoms with Gasteiger partial charge in [0, 0.05) is 6.54 Å². The number of hydrogen-bond acceptors (Lipinski definition) is 2. The van der Waals surface area contributed by atoms with Crippen LogP contribution in [0, 0.1) is 6.42 Å². The average molecular weight is 233 g/mol. The summed E-state index contributed by atoms with van der Waals surface area (Å²) in [6.45, 7) is 3.89. The molecule has 4 nitrogen and oxygen atoms in total. The third-order valence-corrected chi connectivity index (χ3v) is 2.59. The van der Waals surface area contributed by atoms with Crippen molar-refractivity contribution in [1.82, 2.24) is 4.90 Å². The van der Waals surface area contributed by atoms with E-state index >= 15 is 0 Å². The highest BCUT2D eigenvalue weighted by molar-refractivity contribution is 5.92. The molecule has 0 heterocycles. The molecule has 0 aliphatic heterocycles. The first-order chi connectivity index (χ1) is 8.06. The van der Waals surface area contributed by atoms with Crippen LogP contribution in [-0.4, -0.2) is 29.3 Å². The van der Waals surface area contributed by atoms with Crippen molar-refractivity contribution in [3.63, 3.8) is 0 Å². The van der Waals surface area contributed by atoms with Crippen LogP contribution in [0.1, 0.15) is 19.4 Å². The fourth-order valence-electron chi connectivity index (χ4n) is 1.55. The fraction of sp³-hybridized carbons (Fsp3) is 0.308. The zero-order valence-electron chi connectivity index (χ0n) is 10.1. The lowest BCUT2D eigenvalue weighted by Crippen LogP contribution is -2.46. The second kappa shape index (κ2) is 6.03. The minimum absolute atomic E-state index is 0.204. The van der Waals surface area contributed by atoms with Gasteiger partial charge in [0.1, 0.15) is 6.04 Å². The van der Waals surface area contributed by atoms with Crippen LogP contribution in [0.25, 0.3) is 0 Å². The van der Waals surface area contributed by atoms with Crippen LogP contribution < -0.4 is 5.73 Å². The van der Waals surface area contributed by atoms with E-state index in [2.05, 4.69) is 0 Å². The molecule has 0 aromatic heterocycles. The molecule has 1 rings (SSSR count). The van der Waals surface area contributed by atoms with Gasteiger partial charge >= 0.3 is 0 Å². The Kier molecular flexibility index (Phi) is 4.69. The summed E-state index contributed by atoms with van der Waals surface area (Å²) in [5.41, 5.74) is 6.01. The van der Waals surface area contributed by atoms with Crippen LogP contribution >= 0.6 is 0 Å². The Morgan fingerprint density at radius 3 is 2.41 bits per heavy atom. The summed E-state index contributed by atoms with van der Waals surface area (Å²) in [6.07, 6.45) is 1.50. The number of primary amides is 1. The number of nitrogens with zero attached hydrogens (tertiary/aromatic N) is 1. The van der Waals surface area contributed by atoms with Gasteiger partial charge in [-0.3, -0.25) is 9.59 Å². The Morgan fingerprint density at radius 1 is 1.35 bits per heavy atom. The molecule has 2 N–H and O–H groups in total. The molecule has 17 heavy (non-hydrogen) atoms. The molecule has 0 fully saturated rings. The molecule has 1 atom stereocenters. The lowest BCUT2D eigenvalue weighted by atomic mass is 10.1. The number of hydrogen-bond donors (Lipinski definition) is 1. The first-order valence-electron chi connectivity index (χ1n) is 5.56. The third-order valence-electron chi connectivity index (χ3n) is 2.59. The molecule has 1 unspecified atom stereocenters. The third kappa shape index (κ3) is 3.59. The van der Waals surface area contributed by atoms with Crippen molar-refractivity contribution in [2.75, 3.05) is 6.54 Å². The van der Waals surface area contributed by atoms with Gasteiger partial charge in [-0.15, -0.1) is 0 Å². The van der Waals surface area contributed by atoms with E-state index in [1.165, 1.54) is 11.3 Å². The van der Waals surface area contributed by atoms with Crippen molar-refractivity contribution >= 4 is 11.8 Å². The number of benzene rings is 1. The van der Waals surface area contributed by atoms with Gasteiger partial charge in [-0.25, -0.2) is 0 Å². The first kappa shape index (κ1) is 13.2. The highest BCUT2D eigenvalue weighted by Gasteiger charge is 2.22. The predicted molar refractivity (Wildman–Crippen MR) is 65.9 cm³/mol. The Bertz CT molecular complexity index is 390. The van der Waals surface area contributed by atoms with E-state index in [0.717, 1.165) is 5.56 Å². The van der Waals surface area contributed by atoms with Crippen LogP contribution in [0.15, 0.2) is 30.3 Å². The van der Waals surface area contributed by atoms with E-state index in [4.69, 9.17) is 5.73 Å². The van der Waals surface area contributed by atoms with E-state index in [9.17, 15) is 9.59 Å². The quantitative estimate of drug-likeness (QED) is 0.823. The Labute approximate surface area is 101 Å². The topological polar surface area (TPSA) is 63.4 Å². The molecule has 1 aromatic rings. The van der Waals surface area contributed by atoms with Crippen molar-refractivity contribution in [2.45, 2.75) is 19.9 Å². The number of likely N-dealkylation sites (N-methyl/N-ethyl adjacent to an activating group) is 1. The maximum Gasteiger partial charge on any atom is 0.239 e. The van der Waals surface area contributed by atoms with Crippen molar-refractivity contribution in [3.8, 4) is 0 Å². The molecule has 0 saturated carbocycles. The molecule has 0 aliphatic rings. The summed E-state index contributed by atoms with van der Waals surface area (Å²) in [6, 6.07) is 8.67. The van der Waals surface area contributed by atoms with Gasteiger partial charge in [-0.05, 0) is 19.4 Å². The molecule has 4 heteroatoms. The molecule has 2 amide bonds. The largest absolute Gasteiger partial charge is 0.368 e. The van der Waals surface area contributed by atoms with Crippen molar-refractivity contribution in [2.24, 2.45) is 5.73 Å². The molecule has 0 bridgehead atoms.